The minimum Gasteiger partial charge on any atom is -0.477 e. The van der Waals surface area contributed by atoms with E-state index in [1.165, 1.54) is 29.2 Å². The van der Waals surface area contributed by atoms with Crippen LogP contribution in [0.4, 0.5) is 5.82 Å². The fraction of sp³-hybridized carbons (Fsp3) is 0.524. The number of ether oxygens (including phenoxy) is 2. The quantitative estimate of drug-likeness (QED) is 0.104. The van der Waals surface area contributed by atoms with Crippen LogP contribution in [0.25, 0.3) is 11.2 Å². The van der Waals surface area contributed by atoms with Gasteiger partial charge in [0.05, 0.1) is 19.5 Å². The molecule has 21 nitrogen and oxygen atoms in total. The first-order valence-electron chi connectivity index (χ1n) is 12.8. The number of aliphatic carboxylic acids is 1. The number of aromatic nitrogens is 4. The van der Waals surface area contributed by atoms with Gasteiger partial charge < -0.3 is 50.5 Å². The number of carboxylic acids is 1. The monoisotopic (exact) mass is 667 g/mol. The molecule has 0 amide bonds. The van der Waals surface area contributed by atoms with Gasteiger partial charge in [0.2, 0.25) is 6.23 Å². The van der Waals surface area contributed by atoms with Gasteiger partial charge in [-0.2, -0.15) is 4.31 Å². The molecule has 0 radical (unpaired) electrons. The summed E-state index contributed by atoms with van der Waals surface area (Å²) in [5.41, 5.74) is 6.02. The number of hydrogen-bond acceptors (Lipinski definition) is 16. The normalized spacial score (nSPS) is 35.0. The number of hydrogen-bond donors (Lipinski definition) is 9. The smallest absolute Gasteiger partial charge is 0.477 e. The summed E-state index contributed by atoms with van der Waals surface area (Å²) in [7, 11) is -10.7. The first-order valence-corrected chi connectivity index (χ1v) is 15.8. The van der Waals surface area contributed by atoms with Gasteiger partial charge in [0, 0.05) is 0 Å². The molecule has 0 aliphatic carbocycles. The third-order valence-electron chi connectivity index (χ3n) is 6.98. The van der Waals surface area contributed by atoms with E-state index in [0.29, 0.717) is 4.90 Å². The van der Waals surface area contributed by atoms with Crippen LogP contribution in [0.3, 0.4) is 0 Å². The first kappa shape index (κ1) is 32.7. The van der Waals surface area contributed by atoms with Gasteiger partial charge in [-0.3, -0.25) is 18.5 Å². The first-order chi connectivity index (χ1) is 20.7. The number of imidazole rings is 1. The Kier molecular flexibility index (Phi) is 9.34. The Morgan fingerprint density at radius 3 is 2.30 bits per heavy atom. The SMILES string of the molecule is Nc1ncnc2c1ncn2C1OC(COP(=O)(O)OP(=O)(O)OCC2OC([NH+]3C=C(C(=O)O)C=CC3)C(O)C2O)C(O)C1O. The molecular formula is C21H29N6O15P2+. The number of carboxylic acid groups (broad SMARTS) is 1. The highest BCUT2D eigenvalue weighted by Crippen LogP contribution is 2.60. The molecule has 3 aliphatic rings. The number of phosphoric acid groups is 2. The Bertz CT molecular complexity index is 1550. The van der Waals surface area contributed by atoms with Crippen molar-refractivity contribution in [2.24, 2.45) is 0 Å². The van der Waals surface area contributed by atoms with E-state index in [4.69, 9.17) is 19.7 Å². The van der Waals surface area contributed by atoms with Crippen LogP contribution < -0.4 is 10.6 Å². The third-order valence-corrected chi connectivity index (χ3v) is 9.58. The highest BCUT2D eigenvalue weighted by Gasteiger charge is 2.50. The summed E-state index contributed by atoms with van der Waals surface area (Å²) < 4.78 is 50.8. The number of carbonyl (C=O) groups is 1. The lowest BCUT2D eigenvalue weighted by Crippen LogP contribution is -3.13. The van der Waals surface area contributed by atoms with Gasteiger partial charge in [-0.25, -0.2) is 28.9 Å². The summed E-state index contributed by atoms with van der Waals surface area (Å²) in [6.07, 6.45) is -5.25. The Morgan fingerprint density at radius 1 is 1.00 bits per heavy atom. The van der Waals surface area contributed by atoms with Crippen molar-refractivity contribution < 1.29 is 77.0 Å². The molecule has 11 atom stereocenters. The standard InChI is InChI=1S/C21H28N6O15P2/c22-17-12-18(24-7-23-17)27(8-25-12)20-16(31)14(29)11(41-20)6-39-44(36,37)42-43(34,35)38-5-10-13(28)15(30)19(40-10)26-3-1-2-9(4-26)21(32)33/h1-2,4,7-8,10-11,13-16,19-20,28-31H,3,5-6H2,(H,32,33)(H,34,35)(H,36,37)(H2,22,23,24)/p+1. The van der Waals surface area contributed by atoms with Crippen molar-refractivity contribution in [1.82, 2.24) is 19.5 Å². The lowest BCUT2D eigenvalue weighted by atomic mass is 10.1. The Labute approximate surface area is 246 Å². The molecule has 2 aromatic rings. The number of quaternary nitrogens is 1. The number of nitrogens with two attached hydrogens (primary N) is 1. The van der Waals surface area contributed by atoms with Crippen molar-refractivity contribution in [2.75, 3.05) is 25.5 Å². The van der Waals surface area contributed by atoms with Gasteiger partial charge in [0.1, 0.15) is 60.7 Å². The van der Waals surface area contributed by atoms with Crippen molar-refractivity contribution in [3.63, 3.8) is 0 Å². The number of fused-ring (bicyclic) bond motifs is 1. The van der Waals surface area contributed by atoms with Crippen LogP contribution >= 0.6 is 15.6 Å². The van der Waals surface area contributed by atoms with E-state index in [9.17, 15) is 49.2 Å². The summed E-state index contributed by atoms with van der Waals surface area (Å²) in [6.45, 7) is -1.60. The molecule has 2 fully saturated rings. The second kappa shape index (κ2) is 12.6. The Hall–Kier alpha value is -2.72. The second-order valence-corrected chi connectivity index (χ2v) is 12.9. The number of rotatable bonds is 11. The average molecular weight is 667 g/mol. The van der Waals surface area contributed by atoms with E-state index in [0.717, 1.165) is 6.33 Å². The molecule has 10 N–H and O–H groups in total. The molecule has 0 saturated carbocycles. The summed E-state index contributed by atoms with van der Waals surface area (Å²) in [4.78, 5) is 43.4. The molecule has 23 heteroatoms. The van der Waals surface area contributed by atoms with Crippen LogP contribution in [-0.2, 0) is 36.8 Å². The molecule has 5 rings (SSSR count). The molecule has 242 valence electrons. The number of nitrogens with zero attached hydrogens (tertiary/aromatic N) is 4. The van der Waals surface area contributed by atoms with Gasteiger partial charge in [0.25, 0.3) is 0 Å². The van der Waals surface area contributed by atoms with E-state index >= 15 is 0 Å². The third kappa shape index (κ3) is 6.76. The van der Waals surface area contributed by atoms with E-state index in [2.05, 4.69) is 23.8 Å². The maximum atomic E-state index is 12.4. The van der Waals surface area contributed by atoms with Crippen molar-refractivity contribution in [1.29, 1.82) is 0 Å². The van der Waals surface area contributed by atoms with Crippen molar-refractivity contribution in [3.05, 3.63) is 36.6 Å². The lowest BCUT2D eigenvalue weighted by molar-refractivity contribution is -0.897. The summed E-state index contributed by atoms with van der Waals surface area (Å²) in [5, 5.41) is 50.8. The molecular weight excluding hydrogens is 638 g/mol. The summed E-state index contributed by atoms with van der Waals surface area (Å²) in [5.74, 6) is -1.18. The zero-order chi connectivity index (χ0) is 32.0. The lowest BCUT2D eigenvalue weighted by Gasteiger charge is -2.24. The molecule has 2 aromatic heterocycles. The van der Waals surface area contributed by atoms with Crippen LogP contribution in [-0.4, -0.2) is 123 Å². The molecule has 0 spiro atoms. The van der Waals surface area contributed by atoms with Gasteiger partial charge in [-0.05, 0) is 12.2 Å². The van der Waals surface area contributed by atoms with E-state index in [1.807, 2.05) is 0 Å². The number of nitrogens with one attached hydrogen (secondary N) is 1. The Balaban J connectivity index is 1.15. The van der Waals surface area contributed by atoms with Gasteiger partial charge in [-0.1, -0.05) is 0 Å². The van der Waals surface area contributed by atoms with E-state index in [-0.39, 0.29) is 29.1 Å². The fourth-order valence-corrected chi connectivity index (χ4v) is 6.91. The molecule has 0 aromatic carbocycles. The second-order valence-electron chi connectivity index (χ2n) is 9.90. The van der Waals surface area contributed by atoms with Gasteiger partial charge in [0.15, 0.2) is 23.8 Å². The topological polar surface area (TPSA) is 313 Å². The van der Waals surface area contributed by atoms with Crippen molar-refractivity contribution in [2.45, 2.75) is 49.1 Å². The highest BCUT2D eigenvalue weighted by atomic mass is 31.3. The predicted molar refractivity (Wildman–Crippen MR) is 140 cm³/mol. The number of anilines is 1. The summed E-state index contributed by atoms with van der Waals surface area (Å²) in [6, 6.07) is 0. The minimum atomic E-state index is -5.37. The zero-order valence-corrected chi connectivity index (χ0v) is 24.1. The zero-order valence-electron chi connectivity index (χ0n) is 22.3. The van der Waals surface area contributed by atoms with Crippen LogP contribution in [0, 0.1) is 0 Å². The van der Waals surface area contributed by atoms with Crippen LogP contribution in [0.2, 0.25) is 0 Å². The van der Waals surface area contributed by atoms with E-state index in [1.54, 1.807) is 0 Å². The number of aliphatic hydroxyl groups is 4. The predicted octanol–water partition coefficient (Wildman–Crippen LogP) is -3.85. The van der Waals surface area contributed by atoms with Gasteiger partial charge in [-0.15, -0.1) is 0 Å². The molecule has 5 heterocycles. The number of phosphoric ester groups is 2. The maximum absolute atomic E-state index is 12.4. The van der Waals surface area contributed by atoms with Crippen molar-refractivity contribution in [3.8, 4) is 0 Å². The molecule has 3 aliphatic heterocycles. The maximum Gasteiger partial charge on any atom is 0.481 e. The number of nitrogen functional groups attached to an aromatic ring is 1. The summed E-state index contributed by atoms with van der Waals surface area (Å²) >= 11 is 0. The van der Waals surface area contributed by atoms with Crippen LogP contribution in [0.15, 0.2) is 36.6 Å². The molecule has 0 bridgehead atoms. The average Bonchev–Trinajstić information content (AvgIpc) is 3.61. The number of aliphatic hydroxyl groups excluding tert-OH is 4. The minimum absolute atomic E-state index is 0.0488. The van der Waals surface area contributed by atoms with Crippen LogP contribution in [0.1, 0.15) is 6.23 Å². The molecule has 44 heavy (non-hydrogen) atoms. The molecule has 11 unspecified atom stereocenters. The Morgan fingerprint density at radius 2 is 1.64 bits per heavy atom. The van der Waals surface area contributed by atoms with Gasteiger partial charge >= 0.3 is 21.6 Å². The highest BCUT2D eigenvalue weighted by molar-refractivity contribution is 7.61. The van der Waals surface area contributed by atoms with E-state index < -0.39 is 83.9 Å². The largest absolute Gasteiger partial charge is 0.481 e. The fourth-order valence-electron chi connectivity index (χ4n) is 4.82. The van der Waals surface area contributed by atoms with Crippen molar-refractivity contribution >= 4 is 38.6 Å². The molecule has 2 saturated heterocycles. The van der Waals surface area contributed by atoms with Crippen LogP contribution in [0.5, 0.6) is 0 Å².